The number of hydrogen-bond acceptors (Lipinski definition) is 6. The number of nitrogens with zero attached hydrogens (tertiary/aromatic N) is 2. The lowest BCUT2D eigenvalue weighted by Crippen LogP contribution is -2.42. The fraction of sp³-hybridized carbons (Fsp3) is 0.259. The Balaban J connectivity index is 0.00000320. The molecule has 1 fully saturated rings. The van der Waals surface area contributed by atoms with Crippen LogP contribution in [-0.4, -0.2) is 52.8 Å². The van der Waals surface area contributed by atoms with E-state index in [1.807, 2.05) is 48.6 Å². The number of carbonyl (C=O) groups excluding carboxylic acids is 3. The summed E-state index contributed by atoms with van der Waals surface area (Å²) in [7, 11) is 0. The van der Waals surface area contributed by atoms with Gasteiger partial charge in [0.05, 0.1) is 6.20 Å². The quantitative estimate of drug-likeness (QED) is 0.424. The number of benzene rings is 2. The Morgan fingerprint density at radius 3 is 2.24 bits per heavy atom. The summed E-state index contributed by atoms with van der Waals surface area (Å²) < 4.78 is 5.95. The lowest BCUT2D eigenvalue weighted by atomic mass is 10.1. The normalized spacial score (nSPS) is 18.4. The van der Waals surface area contributed by atoms with Crippen molar-refractivity contribution in [2.24, 2.45) is 0 Å². The number of amides is 3. The van der Waals surface area contributed by atoms with Crippen molar-refractivity contribution in [3.63, 3.8) is 0 Å². The van der Waals surface area contributed by atoms with Crippen molar-refractivity contribution in [1.82, 2.24) is 15.2 Å². The molecule has 10 heteroatoms. The summed E-state index contributed by atoms with van der Waals surface area (Å²) in [4.78, 5) is 42.6. The van der Waals surface area contributed by atoms with Crippen LogP contribution < -0.4 is 16.0 Å². The highest BCUT2D eigenvalue weighted by atomic mass is 35.5. The maximum atomic E-state index is 12.6. The largest absolute Gasteiger partial charge is 0.436 e. The molecule has 192 valence electrons. The van der Waals surface area contributed by atoms with Crippen molar-refractivity contribution in [2.45, 2.75) is 31.8 Å². The highest BCUT2D eigenvalue weighted by molar-refractivity contribution is 5.97. The summed E-state index contributed by atoms with van der Waals surface area (Å²) in [5.41, 5.74) is 2.95. The predicted octanol–water partition coefficient (Wildman–Crippen LogP) is 3.85. The molecule has 9 nitrogen and oxygen atoms in total. The van der Waals surface area contributed by atoms with Gasteiger partial charge in [-0.25, -0.2) is 4.98 Å². The predicted molar refractivity (Wildman–Crippen MR) is 143 cm³/mol. The lowest BCUT2D eigenvalue weighted by Gasteiger charge is -2.22. The van der Waals surface area contributed by atoms with Crippen molar-refractivity contribution in [3.8, 4) is 22.8 Å². The third-order valence-electron chi connectivity index (χ3n) is 6.37. The van der Waals surface area contributed by atoms with Gasteiger partial charge >= 0.3 is 0 Å². The molecule has 5 rings (SSSR count). The number of carbonyl (C=O) groups is 3. The summed E-state index contributed by atoms with van der Waals surface area (Å²) in [5, 5.41) is 8.86. The van der Waals surface area contributed by atoms with E-state index in [4.69, 9.17) is 4.42 Å². The maximum Gasteiger partial charge on any atom is 0.247 e. The van der Waals surface area contributed by atoms with Crippen LogP contribution >= 0.6 is 12.4 Å². The number of oxazole rings is 1. The molecule has 3 heterocycles. The van der Waals surface area contributed by atoms with Gasteiger partial charge in [0, 0.05) is 42.5 Å². The van der Waals surface area contributed by atoms with Gasteiger partial charge in [0.1, 0.15) is 12.1 Å². The molecule has 3 N–H and O–H groups in total. The average molecular weight is 522 g/mol. The van der Waals surface area contributed by atoms with E-state index in [0.29, 0.717) is 42.5 Å². The molecule has 2 atom stereocenters. The van der Waals surface area contributed by atoms with Gasteiger partial charge in [-0.05, 0) is 61.4 Å². The zero-order chi connectivity index (χ0) is 25.1. The first-order valence-corrected chi connectivity index (χ1v) is 11.9. The number of nitrogens with one attached hydrogen (secondary N) is 3. The summed E-state index contributed by atoms with van der Waals surface area (Å²) in [6.45, 7) is 2.80. The Hall–Kier alpha value is -3.95. The molecule has 1 saturated heterocycles. The Morgan fingerprint density at radius 2 is 1.62 bits per heavy atom. The molecule has 2 aliphatic heterocycles. The molecule has 37 heavy (non-hydrogen) atoms. The van der Waals surface area contributed by atoms with Gasteiger partial charge in [-0.15, -0.1) is 12.4 Å². The van der Waals surface area contributed by atoms with Crippen LogP contribution in [0.5, 0.6) is 0 Å². The molecular formula is C27H28ClN5O4. The first kappa shape index (κ1) is 26.1. The highest BCUT2D eigenvalue weighted by Crippen LogP contribution is 2.28. The van der Waals surface area contributed by atoms with E-state index in [9.17, 15) is 14.4 Å². The molecule has 2 aromatic carbocycles. The number of rotatable bonds is 6. The fourth-order valence-electron chi connectivity index (χ4n) is 4.46. The van der Waals surface area contributed by atoms with E-state index in [-0.39, 0.29) is 36.2 Å². The van der Waals surface area contributed by atoms with Crippen LogP contribution in [0.1, 0.15) is 19.8 Å². The number of aromatic nitrogens is 1. The van der Waals surface area contributed by atoms with E-state index in [1.165, 1.54) is 6.92 Å². The van der Waals surface area contributed by atoms with Crippen LogP contribution in [-0.2, 0) is 14.4 Å². The summed E-state index contributed by atoms with van der Waals surface area (Å²) >= 11 is 0. The van der Waals surface area contributed by atoms with Crippen LogP contribution in [0.2, 0.25) is 0 Å². The minimum absolute atomic E-state index is 0. The van der Waals surface area contributed by atoms with Crippen LogP contribution in [0, 0.1) is 0 Å². The third kappa shape index (κ3) is 5.90. The maximum absolute atomic E-state index is 12.6. The smallest absolute Gasteiger partial charge is 0.247 e. The molecule has 0 radical (unpaired) electrons. The lowest BCUT2D eigenvalue weighted by molar-refractivity contribution is -0.134. The molecule has 0 unspecified atom stereocenters. The summed E-state index contributed by atoms with van der Waals surface area (Å²) in [6, 6.07) is 13.9. The zero-order valence-electron chi connectivity index (χ0n) is 20.3. The van der Waals surface area contributed by atoms with Gasteiger partial charge in [0.15, 0.2) is 5.76 Å². The van der Waals surface area contributed by atoms with E-state index in [2.05, 4.69) is 20.9 Å². The van der Waals surface area contributed by atoms with Crippen molar-refractivity contribution in [2.75, 3.05) is 23.7 Å². The van der Waals surface area contributed by atoms with Gasteiger partial charge in [-0.1, -0.05) is 12.2 Å². The molecule has 0 aliphatic carbocycles. The second kappa shape index (κ2) is 11.4. The minimum Gasteiger partial charge on any atom is -0.436 e. The SMILES string of the molecule is CC(=O)N1CCC[C@H]1C(=O)Nc1ccc(-c2cnc(-c3ccc(NC(=O)[C@@H]4C=CCN4)cc3)o2)cc1.Cl. The number of anilines is 2. The first-order chi connectivity index (χ1) is 17.5. The van der Waals surface area contributed by atoms with E-state index in [1.54, 1.807) is 23.2 Å². The highest BCUT2D eigenvalue weighted by Gasteiger charge is 2.32. The number of halogens is 1. The standard InChI is InChI=1S/C27H27N5O4.ClH/c1-17(33)32-15-3-5-23(32)26(35)31-21-10-6-18(7-11-21)24-16-29-27(36-24)19-8-12-20(13-9-19)30-25(34)22-4-2-14-28-22;/h2,4,6-13,16,22-23,28H,3,5,14-15H2,1H3,(H,30,34)(H,31,35);1H/t22-,23-;/m0./s1. The summed E-state index contributed by atoms with van der Waals surface area (Å²) in [5.74, 6) is 0.702. The fourth-order valence-corrected chi connectivity index (χ4v) is 4.46. The minimum atomic E-state index is -0.421. The Labute approximate surface area is 220 Å². The van der Waals surface area contributed by atoms with Crippen molar-refractivity contribution in [3.05, 3.63) is 66.9 Å². The Kier molecular flexibility index (Phi) is 8.05. The van der Waals surface area contributed by atoms with Crippen molar-refractivity contribution in [1.29, 1.82) is 0 Å². The van der Waals surface area contributed by atoms with E-state index < -0.39 is 6.04 Å². The van der Waals surface area contributed by atoms with Gasteiger partial charge in [-0.3, -0.25) is 19.7 Å². The molecular weight excluding hydrogens is 494 g/mol. The molecule has 3 amide bonds. The monoisotopic (exact) mass is 521 g/mol. The van der Waals surface area contributed by atoms with Gasteiger partial charge in [0.2, 0.25) is 23.6 Å². The third-order valence-corrected chi connectivity index (χ3v) is 6.37. The second-order valence-corrected chi connectivity index (χ2v) is 8.85. The van der Waals surface area contributed by atoms with Crippen molar-refractivity contribution >= 4 is 41.5 Å². The Morgan fingerprint density at radius 1 is 0.973 bits per heavy atom. The van der Waals surface area contributed by atoms with Crippen molar-refractivity contribution < 1.29 is 18.8 Å². The second-order valence-electron chi connectivity index (χ2n) is 8.85. The Bertz CT molecular complexity index is 1300. The average Bonchev–Trinajstić information content (AvgIpc) is 3.67. The van der Waals surface area contributed by atoms with Gasteiger partial charge in [0.25, 0.3) is 0 Å². The number of likely N-dealkylation sites (tertiary alicyclic amines) is 1. The number of hydrogen-bond donors (Lipinski definition) is 3. The summed E-state index contributed by atoms with van der Waals surface area (Å²) in [6.07, 6.45) is 6.93. The molecule has 0 spiro atoms. The van der Waals surface area contributed by atoms with Crippen LogP contribution in [0.25, 0.3) is 22.8 Å². The molecule has 3 aromatic rings. The first-order valence-electron chi connectivity index (χ1n) is 11.9. The zero-order valence-corrected chi connectivity index (χ0v) is 21.1. The van der Waals surface area contributed by atoms with Gasteiger partial charge in [-0.2, -0.15) is 0 Å². The molecule has 0 saturated carbocycles. The van der Waals surface area contributed by atoms with Crippen LogP contribution in [0.15, 0.2) is 71.3 Å². The van der Waals surface area contributed by atoms with Crippen LogP contribution in [0.3, 0.4) is 0 Å². The molecule has 2 aliphatic rings. The van der Waals surface area contributed by atoms with E-state index in [0.717, 1.165) is 17.5 Å². The van der Waals surface area contributed by atoms with Crippen LogP contribution in [0.4, 0.5) is 11.4 Å². The van der Waals surface area contributed by atoms with E-state index >= 15 is 0 Å². The molecule has 0 bridgehead atoms. The van der Waals surface area contributed by atoms with Gasteiger partial charge < -0.3 is 20.0 Å². The molecule has 1 aromatic heterocycles. The topological polar surface area (TPSA) is 117 Å².